The molecular weight excluding hydrogens is 288 g/mol. The molecule has 0 nitrogen and oxygen atoms in total. The molecule has 0 aromatic heterocycles. The standard InChI is InChI=1S/C24H41/c1-3-5-7-9-11-13-15-17-19-21-23-24-22-20-18-16-14-12-10-8-6-4-2/h23H,3-17,22,24H2,1-2H3. The van der Waals surface area contributed by atoms with Crippen LogP contribution >= 0.6 is 0 Å². The van der Waals surface area contributed by atoms with Crippen molar-refractivity contribution >= 4 is 0 Å². The van der Waals surface area contributed by atoms with Gasteiger partial charge in [-0.15, -0.1) is 17.8 Å². The van der Waals surface area contributed by atoms with Gasteiger partial charge in [0.2, 0.25) is 0 Å². The molecule has 24 heavy (non-hydrogen) atoms. The van der Waals surface area contributed by atoms with Crippen LogP contribution in [-0.4, -0.2) is 0 Å². The predicted molar refractivity (Wildman–Crippen MR) is 110 cm³/mol. The fourth-order valence-corrected chi connectivity index (χ4v) is 2.70. The first-order valence-electron chi connectivity index (χ1n) is 10.7. The van der Waals surface area contributed by atoms with Gasteiger partial charge in [-0.25, -0.2) is 0 Å². The molecule has 0 aromatic rings. The van der Waals surface area contributed by atoms with Crippen molar-refractivity contribution in [1.29, 1.82) is 0 Å². The summed E-state index contributed by atoms with van der Waals surface area (Å²) >= 11 is 0. The summed E-state index contributed by atoms with van der Waals surface area (Å²) in [4.78, 5) is 0. The third-order valence-electron chi connectivity index (χ3n) is 4.30. The van der Waals surface area contributed by atoms with Crippen molar-refractivity contribution in [2.75, 3.05) is 0 Å². The maximum Gasteiger partial charge on any atom is 0.0349 e. The van der Waals surface area contributed by atoms with Gasteiger partial charge in [0.1, 0.15) is 0 Å². The highest BCUT2D eigenvalue weighted by Gasteiger charge is 1.89. The first-order valence-corrected chi connectivity index (χ1v) is 10.7. The highest BCUT2D eigenvalue weighted by molar-refractivity contribution is 5.11. The molecule has 0 aromatic carbocycles. The van der Waals surface area contributed by atoms with Crippen LogP contribution in [0.3, 0.4) is 0 Å². The van der Waals surface area contributed by atoms with E-state index >= 15 is 0 Å². The van der Waals surface area contributed by atoms with Gasteiger partial charge < -0.3 is 0 Å². The van der Waals surface area contributed by atoms with E-state index in [2.05, 4.69) is 44.0 Å². The van der Waals surface area contributed by atoms with Gasteiger partial charge in [0.25, 0.3) is 0 Å². The average molecular weight is 330 g/mol. The Labute approximate surface area is 153 Å². The Hall–Kier alpha value is -0.880. The molecule has 0 atom stereocenters. The van der Waals surface area contributed by atoms with Crippen molar-refractivity contribution in [2.45, 2.75) is 123 Å². The first-order chi connectivity index (χ1) is 11.9. The van der Waals surface area contributed by atoms with E-state index < -0.39 is 0 Å². The molecular formula is C24H41. The molecule has 0 saturated heterocycles. The van der Waals surface area contributed by atoms with Crippen molar-refractivity contribution in [3.8, 4) is 23.7 Å². The van der Waals surface area contributed by atoms with Crippen LogP contribution in [0.2, 0.25) is 0 Å². The Morgan fingerprint density at radius 2 is 0.958 bits per heavy atom. The monoisotopic (exact) mass is 329 g/mol. The quantitative estimate of drug-likeness (QED) is 0.212. The molecule has 0 heterocycles. The molecule has 0 spiro atoms. The van der Waals surface area contributed by atoms with Crippen molar-refractivity contribution < 1.29 is 0 Å². The second kappa shape index (κ2) is 22.1. The van der Waals surface area contributed by atoms with E-state index in [1.165, 1.54) is 83.5 Å². The summed E-state index contributed by atoms with van der Waals surface area (Å²) in [5.41, 5.74) is 0. The fourth-order valence-electron chi connectivity index (χ4n) is 2.70. The van der Waals surface area contributed by atoms with E-state index in [1.54, 1.807) is 0 Å². The topological polar surface area (TPSA) is 0 Å². The number of hydrogen-bond acceptors (Lipinski definition) is 0. The lowest BCUT2D eigenvalue weighted by atomic mass is 10.1. The Morgan fingerprint density at radius 1 is 0.500 bits per heavy atom. The van der Waals surface area contributed by atoms with E-state index in [1.807, 2.05) is 0 Å². The van der Waals surface area contributed by atoms with Gasteiger partial charge in [-0.2, -0.15) is 0 Å². The zero-order valence-electron chi connectivity index (χ0n) is 16.6. The van der Waals surface area contributed by atoms with Crippen LogP contribution in [0, 0.1) is 30.1 Å². The largest absolute Gasteiger partial charge is 0.103 e. The maximum absolute atomic E-state index is 3.30. The smallest absolute Gasteiger partial charge is 0.0349 e. The van der Waals surface area contributed by atoms with Crippen molar-refractivity contribution in [3.05, 3.63) is 6.42 Å². The molecule has 0 aliphatic rings. The molecule has 0 fully saturated rings. The maximum atomic E-state index is 3.30. The fraction of sp³-hybridized carbons (Fsp3) is 0.792. The van der Waals surface area contributed by atoms with E-state index in [-0.39, 0.29) is 0 Å². The summed E-state index contributed by atoms with van der Waals surface area (Å²) in [5, 5.41) is 0. The van der Waals surface area contributed by atoms with Crippen LogP contribution in [0.4, 0.5) is 0 Å². The van der Waals surface area contributed by atoms with Crippen LogP contribution in [0.5, 0.6) is 0 Å². The summed E-state index contributed by atoms with van der Waals surface area (Å²) in [6.45, 7) is 4.54. The van der Waals surface area contributed by atoms with Crippen LogP contribution in [0.1, 0.15) is 123 Å². The molecule has 0 aliphatic carbocycles. The number of unbranched alkanes of at least 4 members (excludes halogenated alkanes) is 15. The summed E-state index contributed by atoms with van der Waals surface area (Å²) in [6, 6.07) is 0. The molecule has 0 bridgehead atoms. The molecule has 0 heteroatoms. The van der Waals surface area contributed by atoms with Crippen molar-refractivity contribution in [3.63, 3.8) is 0 Å². The lowest BCUT2D eigenvalue weighted by Gasteiger charge is -1.97. The second-order valence-corrected chi connectivity index (χ2v) is 6.81. The molecule has 1 radical (unpaired) electrons. The van der Waals surface area contributed by atoms with E-state index in [4.69, 9.17) is 0 Å². The summed E-state index contributed by atoms with van der Waals surface area (Å²) in [7, 11) is 0. The minimum absolute atomic E-state index is 0.974. The Kier molecular flexibility index (Phi) is 21.3. The molecule has 0 unspecified atom stereocenters. The highest BCUT2D eigenvalue weighted by atomic mass is 14.0. The van der Waals surface area contributed by atoms with Gasteiger partial charge in [-0.05, 0) is 19.3 Å². The summed E-state index contributed by atoms with van der Waals surface area (Å²) in [5.74, 6) is 13.0. The Balaban J connectivity index is 3.21. The normalized spacial score (nSPS) is 9.92. The third kappa shape index (κ3) is 21.1. The zero-order chi connectivity index (χ0) is 17.6. The van der Waals surface area contributed by atoms with Gasteiger partial charge in [0.05, 0.1) is 0 Å². The van der Waals surface area contributed by atoms with E-state index in [0.717, 1.165) is 25.7 Å². The molecule has 0 rings (SSSR count). The van der Waals surface area contributed by atoms with Gasteiger partial charge in [-0.1, -0.05) is 90.4 Å². The Bertz CT molecular complexity index is 344. The lowest BCUT2D eigenvalue weighted by Crippen LogP contribution is -1.79. The van der Waals surface area contributed by atoms with Gasteiger partial charge in [-0.3, -0.25) is 0 Å². The Morgan fingerprint density at radius 3 is 1.54 bits per heavy atom. The SMILES string of the molecule is CCCCCCCCC#CCC[CH]C#CCCCCCCCCC. The van der Waals surface area contributed by atoms with Crippen LogP contribution in [0.25, 0.3) is 0 Å². The van der Waals surface area contributed by atoms with Gasteiger partial charge in [0, 0.05) is 25.7 Å². The first kappa shape index (κ1) is 23.1. The van der Waals surface area contributed by atoms with Crippen LogP contribution in [-0.2, 0) is 0 Å². The molecule has 0 amide bonds. The van der Waals surface area contributed by atoms with Crippen molar-refractivity contribution in [2.24, 2.45) is 0 Å². The van der Waals surface area contributed by atoms with E-state index in [0.29, 0.717) is 0 Å². The summed E-state index contributed by atoms with van der Waals surface area (Å²) < 4.78 is 0. The second-order valence-electron chi connectivity index (χ2n) is 6.81. The zero-order valence-corrected chi connectivity index (χ0v) is 16.6. The number of hydrogen-bond donors (Lipinski definition) is 0. The molecule has 137 valence electrons. The van der Waals surface area contributed by atoms with E-state index in [9.17, 15) is 0 Å². The molecule has 0 saturated carbocycles. The number of rotatable bonds is 15. The van der Waals surface area contributed by atoms with Crippen LogP contribution in [0.15, 0.2) is 0 Å². The predicted octanol–water partition coefficient (Wildman–Crippen LogP) is 7.87. The van der Waals surface area contributed by atoms with Gasteiger partial charge >= 0.3 is 0 Å². The highest BCUT2D eigenvalue weighted by Crippen LogP contribution is 2.08. The lowest BCUT2D eigenvalue weighted by molar-refractivity contribution is 0.594. The van der Waals surface area contributed by atoms with Crippen molar-refractivity contribution in [1.82, 2.24) is 0 Å². The van der Waals surface area contributed by atoms with Crippen LogP contribution < -0.4 is 0 Å². The third-order valence-corrected chi connectivity index (χ3v) is 4.30. The minimum atomic E-state index is 0.974. The average Bonchev–Trinajstić information content (AvgIpc) is 2.60. The molecule has 0 aliphatic heterocycles. The summed E-state index contributed by atoms with van der Waals surface area (Å²) in [6.07, 6.45) is 23.9. The minimum Gasteiger partial charge on any atom is -0.103 e. The van der Waals surface area contributed by atoms with Gasteiger partial charge in [0.15, 0.2) is 0 Å². The molecule has 0 N–H and O–H groups in total.